The predicted octanol–water partition coefficient (Wildman–Crippen LogP) is 3.73. The zero-order chi connectivity index (χ0) is 23.3. The van der Waals surface area contributed by atoms with Crippen LogP contribution in [0.3, 0.4) is 0 Å². The highest BCUT2D eigenvalue weighted by atomic mass is 32.2. The van der Waals surface area contributed by atoms with Crippen LogP contribution in [0.5, 0.6) is 0 Å². The minimum Gasteiger partial charge on any atom is -0.325 e. The average Bonchev–Trinajstić information content (AvgIpc) is 3.24. The molecule has 1 N–H and O–H groups in total. The molecule has 2 aromatic carbocycles. The molecule has 8 nitrogen and oxygen atoms in total. The highest BCUT2D eigenvalue weighted by Crippen LogP contribution is 2.27. The number of para-hydroxylation sites is 1. The lowest BCUT2D eigenvalue weighted by Crippen LogP contribution is -2.31. The van der Waals surface area contributed by atoms with E-state index in [9.17, 15) is 13.2 Å². The molecule has 32 heavy (non-hydrogen) atoms. The maximum Gasteiger partial charge on any atom is 0.243 e. The molecule has 10 heteroatoms. The molecule has 0 aliphatic heterocycles. The van der Waals surface area contributed by atoms with Crippen molar-refractivity contribution in [3.63, 3.8) is 0 Å². The number of benzene rings is 2. The highest BCUT2D eigenvalue weighted by molar-refractivity contribution is 8.00. The van der Waals surface area contributed by atoms with E-state index >= 15 is 0 Å². The van der Waals surface area contributed by atoms with Crippen molar-refractivity contribution in [3.05, 3.63) is 60.4 Å². The maximum absolute atomic E-state index is 13.0. The number of aromatic nitrogens is 3. The van der Waals surface area contributed by atoms with Gasteiger partial charge in [-0.1, -0.05) is 49.9 Å². The first kappa shape index (κ1) is 24.0. The van der Waals surface area contributed by atoms with Crippen LogP contribution in [-0.4, -0.2) is 51.7 Å². The fourth-order valence-corrected chi connectivity index (χ4v) is 5.74. The van der Waals surface area contributed by atoms with Crippen LogP contribution in [0.25, 0.3) is 5.69 Å². The fourth-order valence-electron chi connectivity index (χ4n) is 3.18. The Bertz CT molecular complexity index is 1180. The number of hydrogen-bond acceptors (Lipinski definition) is 6. The Kier molecular flexibility index (Phi) is 7.70. The molecule has 1 heterocycles. The first-order chi connectivity index (χ1) is 15.3. The first-order valence-electron chi connectivity index (χ1n) is 10.3. The zero-order valence-corrected chi connectivity index (χ0v) is 20.2. The summed E-state index contributed by atoms with van der Waals surface area (Å²) in [6.45, 7) is 7.88. The first-order valence-corrected chi connectivity index (χ1v) is 12.6. The number of aryl methyl sites for hydroxylation is 1. The van der Waals surface area contributed by atoms with E-state index in [2.05, 4.69) is 15.5 Å². The van der Waals surface area contributed by atoms with Crippen LogP contribution in [0.1, 0.15) is 26.3 Å². The molecule has 0 spiro atoms. The molecule has 3 aromatic rings. The van der Waals surface area contributed by atoms with Gasteiger partial charge in [-0.2, -0.15) is 4.31 Å². The summed E-state index contributed by atoms with van der Waals surface area (Å²) in [5.74, 6) is -0.257. The van der Waals surface area contributed by atoms with Crippen LogP contribution in [0.4, 0.5) is 5.69 Å². The summed E-state index contributed by atoms with van der Waals surface area (Å²) in [5.41, 5.74) is 1.97. The summed E-state index contributed by atoms with van der Waals surface area (Å²) in [6.07, 6.45) is 1.60. The topological polar surface area (TPSA) is 97.2 Å². The minimum atomic E-state index is -3.63. The Morgan fingerprint density at radius 2 is 1.84 bits per heavy atom. The maximum atomic E-state index is 13.0. The van der Waals surface area contributed by atoms with Gasteiger partial charge in [-0.15, -0.1) is 10.2 Å². The van der Waals surface area contributed by atoms with Crippen molar-refractivity contribution in [1.82, 2.24) is 19.1 Å². The molecule has 1 atom stereocenters. The van der Waals surface area contributed by atoms with Gasteiger partial charge in [-0.25, -0.2) is 8.42 Å². The normalized spacial score (nSPS) is 12.7. The Hall–Kier alpha value is -2.69. The second kappa shape index (κ2) is 10.3. The molecule has 0 aliphatic carbocycles. The quantitative estimate of drug-likeness (QED) is 0.476. The van der Waals surface area contributed by atoms with Crippen molar-refractivity contribution in [3.8, 4) is 5.69 Å². The minimum absolute atomic E-state index is 0.197. The Labute approximate surface area is 193 Å². The number of nitrogens with one attached hydrogen (secondary N) is 1. The molecule has 0 aliphatic rings. The van der Waals surface area contributed by atoms with E-state index in [0.717, 1.165) is 5.69 Å². The Morgan fingerprint density at radius 3 is 2.50 bits per heavy atom. The fraction of sp³-hybridized carbons (Fsp3) is 0.318. The molecule has 1 unspecified atom stereocenters. The number of thioether (sulfide) groups is 1. The monoisotopic (exact) mass is 473 g/mol. The molecule has 0 saturated carbocycles. The summed E-state index contributed by atoms with van der Waals surface area (Å²) in [7, 11) is -3.63. The number of carbonyl (C=O) groups is 1. The third kappa shape index (κ3) is 5.20. The van der Waals surface area contributed by atoms with Gasteiger partial charge in [0, 0.05) is 24.5 Å². The largest absolute Gasteiger partial charge is 0.325 e. The van der Waals surface area contributed by atoms with Gasteiger partial charge in [0.25, 0.3) is 0 Å². The van der Waals surface area contributed by atoms with Gasteiger partial charge >= 0.3 is 0 Å². The third-order valence-corrected chi connectivity index (χ3v) is 8.23. The van der Waals surface area contributed by atoms with Gasteiger partial charge in [-0.05, 0) is 43.7 Å². The SMILES string of the molecule is CCN(CC)S(=O)(=O)c1cc(NC(=O)C(C)Sc2nncn2-c2ccccc2)ccc1C. The number of rotatable bonds is 9. The second-order valence-electron chi connectivity index (χ2n) is 7.14. The predicted molar refractivity (Wildman–Crippen MR) is 127 cm³/mol. The average molecular weight is 474 g/mol. The van der Waals surface area contributed by atoms with Crippen LogP contribution in [0, 0.1) is 6.92 Å². The van der Waals surface area contributed by atoms with E-state index in [1.165, 1.54) is 22.1 Å². The van der Waals surface area contributed by atoms with Crippen LogP contribution in [0.2, 0.25) is 0 Å². The molecule has 3 rings (SSSR count). The summed E-state index contributed by atoms with van der Waals surface area (Å²) >= 11 is 1.27. The summed E-state index contributed by atoms with van der Waals surface area (Å²) in [6, 6.07) is 14.6. The van der Waals surface area contributed by atoms with Gasteiger partial charge in [0.1, 0.15) is 6.33 Å². The van der Waals surface area contributed by atoms with Gasteiger partial charge in [0.2, 0.25) is 15.9 Å². The number of amides is 1. The number of carbonyl (C=O) groups excluding carboxylic acids is 1. The lowest BCUT2D eigenvalue weighted by atomic mass is 10.2. The summed E-state index contributed by atoms with van der Waals surface area (Å²) in [4.78, 5) is 13.0. The van der Waals surface area contributed by atoms with Gasteiger partial charge < -0.3 is 5.32 Å². The van der Waals surface area contributed by atoms with Crippen molar-refractivity contribution in [1.29, 1.82) is 0 Å². The van der Waals surface area contributed by atoms with Crippen molar-refractivity contribution in [2.24, 2.45) is 0 Å². The number of hydrogen-bond donors (Lipinski definition) is 1. The molecule has 0 bridgehead atoms. The van der Waals surface area contributed by atoms with E-state index in [4.69, 9.17) is 0 Å². The van der Waals surface area contributed by atoms with Crippen molar-refractivity contribution in [2.75, 3.05) is 18.4 Å². The molecule has 1 amide bonds. The Balaban J connectivity index is 1.76. The van der Waals surface area contributed by atoms with E-state index in [1.807, 2.05) is 34.9 Å². The number of nitrogens with zero attached hydrogens (tertiary/aromatic N) is 4. The van der Waals surface area contributed by atoms with Gasteiger partial charge in [0.05, 0.1) is 10.1 Å². The molecule has 170 valence electrons. The van der Waals surface area contributed by atoms with Crippen molar-refractivity contribution >= 4 is 33.4 Å². The lowest BCUT2D eigenvalue weighted by molar-refractivity contribution is -0.115. The molecular weight excluding hydrogens is 446 g/mol. The summed E-state index contributed by atoms with van der Waals surface area (Å²) in [5, 5.41) is 11.0. The third-order valence-electron chi connectivity index (χ3n) is 4.98. The smallest absolute Gasteiger partial charge is 0.243 e. The molecular formula is C22H27N5O3S2. The second-order valence-corrected chi connectivity index (χ2v) is 10.4. The highest BCUT2D eigenvalue weighted by Gasteiger charge is 2.25. The van der Waals surface area contributed by atoms with E-state index in [1.54, 1.807) is 46.2 Å². The van der Waals surface area contributed by atoms with E-state index < -0.39 is 15.3 Å². The van der Waals surface area contributed by atoms with E-state index in [-0.39, 0.29) is 10.8 Å². The number of sulfonamides is 1. The standard InChI is InChI=1S/C22H27N5O3S2/c1-5-26(6-2)32(29,30)20-14-18(13-12-16(20)3)24-21(28)17(4)31-22-25-23-15-27(22)19-10-8-7-9-11-19/h7-15,17H,5-6H2,1-4H3,(H,24,28). The Morgan fingerprint density at radius 1 is 1.16 bits per heavy atom. The molecule has 0 fully saturated rings. The van der Waals surface area contributed by atoms with Gasteiger partial charge in [-0.3, -0.25) is 9.36 Å². The molecule has 0 radical (unpaired) electrons. The molecule has 0 saturated heterocycles. The number of anilines is 1. The van der Waals surface area contributed by atoms with Crippen LogP contribution < -0.4 is 5.32 Å². The van der Waals surface area contributed by atoms with E-state index in [0.29, 0.717) is 29.5 Å². The van der Waals surface area contributed by atoms with Crippen molar-refractivity contribution < 1.29 is 13.2 Å². The van der Waals surface area contributed by atoms with Gasteiger partial charge in [0.15, 0.2) is 5.16 Å². The lowest BCUT2D eigenvalue weighted by Gasteiger charge is -2.20. The van der Waals surface area contributed by atoms with Crippen molar-refractivity contribution in [2.45, 2.75) is 43.0 Å². The van der Waals surface area contributed by atoms with Crippen LogP contribution in [0.15, 0.2) is 64.9 Å². The molecule has 1 aromatic heterocycles. The summed E-state index contributed by atoms with van der Waals surface area (Å²) < 4.78 is 29.1. The zero-order valence-electron chi connectivity index (χ0n) is 18.5. The van der Waals surface area contributed by atoms with Crippen LogP contribution in [-0.2, 0) is 14.8 Å². The van der Waals surface area contributed by atoms with Crippen LogP contribution >= 0.6 is 11.8 Å².